The van der Waals surface area contributed by atoms with Gasteiger partial charge in [0.1, 0.15) is 0 Å². The monoisotopic (exact) mass is 115 g/mol. The van der Waals surface area contributed by atoms with E-state index in [9.17, 15) is 4.79 Å². The quantitative estimate of drug-likeness (QED) is 0.410. The third-order valence-electron chi connectivity index (χ3n) is 1.49. The third kappa shape index (κ3) is 0.816. The summed E-state index contributed by atoms with van der Waals surface area (Å²) in [6.45, 7) is 0.855. The number of likely N-dealkylation sites (N-methyl/N-ethyl adjacent to an activating group) is 1. The molecule has 0 radical (unpaired) electrons. The maximum atomic E-state index is 10.7. The highest BCUT2D eigenvalue weighted by Gasteiger charge is 2.24. The lowest BCUT2D eigenvalue weighted by atomic mass is 10.3. The molecule has 1 amide bonds. The largest absolute Gasteiger partial charge is 0.351 e. The highest BCUT2D eigenvalue weighted by atomic mass is 16.2. The molecule has 0 saturated carbocycles. The van der Waals surface area contributed by atoms with E-state index >= 15 is 0 Å². The molecule has 0 aliphatic carbocycles. The van der Waals surface area contributed by atoms with Crippen molar-refractivity contribution in [3.05, 3.63) is 0 Å². The summed E-state index contributed by atoms with van der Waals surface area (Å²) in [6, 6.07) is 0.190. The first-order valence-electron chi connectivity index (χ1n) is 2.92. The van der Waals surface area contributed by atoms with Gasteiger partial charge >= 0.3 is 0 Å². The zero-order valence-corrected chi connectivity index (χ0v) is 4.98. The molecule has 1 rings (SSSR count). The van der Waals surface area contributed by atoms with Gasteiger partial charge in [0.2, 0.25) is 0 Å². The molecule has 3 nitrogen and oxygen atoms in total. The number of amides is 1. The lowest BCUT2D eigenvalue weighted by Crippen LogP contribution is -2.87. The summed E-state index contributed by atoms with van der Waals surface area (Å²) in [5, 5.41) is 4.70. The van der Waals surface area contributed by atoms with Crippen LogP contribution in [0.4, 0.5) is 0 Å². The zero-order valence-electron chi connectivity index (χ0n) is 4.98. The number of rotatable bonds is 1. The lowest BCUT2D eigenvalue weighted by molar-refractivity contribution is -0.648. The predicted octanol–water partition coefficient (Wildman–Crippen LogP) is -1.93. The molecule has 0 bridgehead atoms. The number of hydrogen-bond acceptors (Lipinski definition) is 1. The van der Waals surface area contributed by atoms with E-state index < -0.39 is 0 Å². The maximum absolute atomic E-state index is 10.7. The van der Waals surface area contributed by atoms with E-state index in [4.69, 9.17) is 0 Å². The van der Waals surface area contributed by atoms with Crippen LogP contribution in [-0.2, 0) is 4.79 Å². The van der Waals surface area contributed by atoms with Gasteiger partial charge in [0.05, 0.1) is 7.05 Å². The van der Waals surface area contributed by atoms with Gasteiger partial charge in [-0.15, -0.1) is 0 Å². The molecule has 0 spiro atoms. The van der Waals surface area contributed by atoms with Gasteiger partial charge in [0.25, 0.3) is 5.91 Å². The van der Waals surface area contributed by atoms with Crippen molar-refractivity contribution in [3.63, 3.8) is 0 Å². The second-order valence-corrected chi connectivity index (χ2v) is 2.02. The summed E-state index contributed by atoms with van der Waals surface area (Å²) in [6.07, 6.45) is 0.981. The van der Waals surface area contributed by atoms with Crippen LogP contribution >= 0.6 is 0 Å². The van der Waals surface area contributed by atoms with Gasteiger partial charge in [-0.2, -0.15) is 0 Å². The fourth-order valence-electron chi connectivity index (χ4n) is 0.931. The average molecular weight is 115 g/mol. The molecule has 1 heterocycles. The Kier molecular flexibility index (Phi) is 1.48. The molecule has 1 saturated heterocycles. The van der Waals surface area contributed by atoms with Crippen LogP contribution in [0.5, 0.6) is 0 Å². The van der Waals surface area contributed by atoms with Gasteiger partial charge in [-0.3, -0.25) is 4.79 Å². The Morgan fingerprint density at radius 1 is 1.88 bits per heavy atom. The number of nitrogens with two attached hydrogens (primary N) is 1. The Labute approximate surface area is 48.5 Å². The second-order valence-electron chi connectivity index (χ2n) is 2.02. The molecule has 1 aliphatic heterocycles. The molecule has 3 heteroatoms. The van der Waals surface area contributed by atoms with Crippen molar-refractivity contribution in [2.45, 2.75) is 12.5 Å². The molecule has 1 atom stereocenters. The standard InChI is InChI=1S/C5H10N2O/c1-6-4-2-3-7-5(4)8/h4,6H,2-3H2,1H3,(H,7,8)/p+1/t4-/m0/s1. The van der Waals surface area contributed by atoms with Crippen LogP contribution in [0.25, 0.3) is 0 Å². The smallest absolute Gasteiger partial charge is 0.278 e. The number of carbonyl (C=O) groups excluding carboxylic acids is 1. The maximum Gasteiger partial charge on any atom is 0.278 e. The van der Waals surface area contributed by atoms with Gasteiger partial charge in [-0.1, -0.05) is 0 Å². The molecule has 0 aromatic carbocycles. The van der Waals surface area contributed by atoms with E-state index in [1.807, 2.05) is 12.4 Å². The summed E-state index contributed by atoms with van der Waals surface area (Å²) < 4.78 is 0. The van der Waals surface area contributed by atoms with Crippen molar-refractivity contribution in [3.8, 4) is 0 Å². The van der Waals surface area contributed by atoms with E-state index in [2.05, 4.69) is 5.32 Å². The van der Waals surface area contributed by atoms with Gasteiger partial charge < -0.3 is 10.6 Å². The molecule has 0 unspecified atom stereocenters. The lowest BCUT2D eigenvalue weighted by Gasteiger charge is -1.97. The van der Waals surface area contributed by atoms with E-state index in [1.54, 1.807) is 0 Å². The SMILES string of the molecule is C[NH2+][C@H]1CCNC1=O. The van der Waals surface area contributed by atoms with Crippen LogP contribution in [0, 0.1) is 0 Å². The molecular weight excluding hydrogens is 104 g/mol. The van der Waals surface area contributed by atoms with Crippen LogP contribution < -0.4 is 10.6 Å². The van der Waals surface area contributed by atoms with E-state index in [-0.39, 0.29) is 11.9 Å². The van der Waals surface area contributed by atoms with Crippen LogP contribution in [0.1, 0.15) is 6.42 Å². The summed E-state index contributed by atoms with van der Waals surface area (Å²) >= 11 is 0. The van der Waals surface area contributed by atoms with Crippen molar-refractivity contribution in [1.82, 2.24) is 5.32 Å². The number of hydrogen-bond donors (Lipinski definition) is 2. The first-order valence-corrected chi connectivity index (χ1v) is 2.92. The zero-order chi connectivity index (χ0) is 5.98. The van der Waals surface area contributed by atoms with E-state index in [0.29, 0.717) is 0 Å². The van der Waals surface area contributed by atoms with E-state index in [0.717, 1.165) is 13.0 Å². The first kappa shape index (κ1) is 5.56. The Bertz CT molecular complexity index is 103. The van der Waals surface area contributed by atoms with Crippen molar-refractivity contribution in [2.24, 2.45) is 0 Å². The Morgan fingerprint density at radius 2 is 2.62 bits per heavy atom. The molecule has 8 heavy (non-hydrogen) atoms. The minimum Gasteiger partial charge on any atom is -0.351 e. The summed E-state index contributed by atoms with van der Waals surface area (Å²) in [5.74, 6) is 0.188. The van der Waals surface area contributed by atoms with Gasteiger partial charge in [0.15, 0.2) is 6.04 Å². The first-order chi connectivity index (χ1) is 3.84. The topological polar surface area (TPSA) is 45.7 Å². The normalized spacial score (nSPS) is 28.1. The minimum atomic E-state index is 0.188. The summed E-state index contributed by atoms with van der Waals surface area (Å²) in [4.78, 5) is 10.7. The van der Waals surface area contributed by atoms with Crippen molar-refractivity contribution in [1.29, 1.82) is 0 Å². The summed E-state index contributed by atoms with van der Waals surface area (Å²) in [5.41, 5.74) is 0. The highest BCUT2D eigenvalue weighted by Crippen LogP contribution is 1.91. The Morgan fingerprint density at radius 3 is 2.88 bits per heavy atom. The highest BCUT2D eigenvalue weighted by molar-refractivity contribution is 5.82. The van der Waals surface area contributed by atoms with Crippen LogP contribution in [-0.4, -0.2) is 25.5 Å². The predicted molar refractivity (Wildman–Crippen MR) is 29.3 cm³/mol. The average Bonchev–Trinajstić information content (AvgIpc) is 2.14. The molecular formula is C5H11N2O+. The van der Waals surface area contributed by atoms with Crippen LogP contribution in [0.15, 0.2) is 0 Å². The fraction of sp³-hybridized carbons (Fsp3) is 0.800. The number of nitrogens with one attached hydrogen (secondary N) is 1. The van der Waals surface area contributed by atoms with Gasteiger partial charge in [-0.25, -0.2) is 0 Å². The molecule has 3 N–H and O–H groups in total. The van der Waals surface area contributed by atoms with Crippen LogP contribution in [0.2, 0.25) is 0 Å². The second kappa shape index (κ2) is 2.13. The number of quaternary nitrogens is 1. The molecule has 0 aromatic heterocycles. The van der Waals surface area contributed by atoms with Crippen LogP contribution in [0.3, 0.4) is 0 Å². The molecule has 1 fully saturated rings. The Hall–Kier alpha value is -0.570. The van der Waals surface area contributed by atoms with E-state index in [1.165, 1.54) is 0 Å². The van der Waals surface area contributed by atoms with Crippen molar-refractivity contribution in [2.75, 3.05) is 13.6 Å². The number of carbonyl (C=O) groups is 1. The minimum absolute atomic E-state index is 0.188. The molecule has 0 aromatic rings. The van der Waals surface area contributed by atoms with Crippen molar-refractivity contribution < 1.29 is 10.1 Å². The van der Waals surface area contributed by atoms with Gasteiger partial charge in [0, 0.05) is 13.0 Å². The molecule has 1 aliphatic rings. The summed E-state index contributed by atoms with van der Waals surface area (Å²) in [7, 11) is 1.93. The van der Waals surface area contributed by atoms with Crippen molar-refractivity contribution >= 4 is 5.91 Å². The third-order valence-corrected chi connectivity index (χ3v) is 1.49. The Balaban J connectivity index is 2.42. The fourth-order valence-corrected chi connectivity index (χ4v) is 0.931. The van der Waals surface area contributed by atoms with Gasteiger partial charge in [-0.05, 0) is 0 Å². The molecule has 46 valence electrons.